The Kier molecular flexibility index (Phi) is 12.6. The minimum absolute atomic E-state index is 0.833. The predicted molar refractivity (Wildman–Crippen MR) is 81.8 cm³/mol. The van der Waals surface area contributed by atoms with Gasteiger partial charge in [-0.2, -0.15) is 0 Å². The third kappa shape index (κ3) is 13.4. The second kappa shape index (κ2) is 12.8. The quantitative estimate of drug-likeness (QED) is 0.717. The van der Waals surface area contributed by atoms with Gasteiger partial charge in [0.05, 0.1) is 0 Å². The van der Waals surface area contributed by atoms with E-state index in [2.05, 4.69) is 61.7 Å². The van der Waals surface area contributed by atoms with Gasteiger partial charge in [-0.1, -0.05) is 48.5 Å². The summed E-state index contributed by atoms with van der Waals surface area (Å²) in [5.74, 6) is -1.67. The number of rotatable bonds is 0. The van der Waals surface area contributed by atoms with Gasteiger partial charge in [0.25, 0.3) is 11.9 Å². The van der Waals surface area contributed by atoms with Crippen LogP contribution in [0.4, 0.5) is 0 Å². The molecule has 0 aliphatic heterocycles. The number of carboxylic acid groups (broad SMARTS) is 2. The predicted octanol–water partition coefficient (Wildman–Crippen LogP) is 3.82. The van der Waals surface area contributed by atoms with E-state index in [0.717, 1.165) is 13.8 Å². The lowest BCUT2D eigenvalue weighted by Gasteiger charge is -1.92. The van der Waals surface area contributed by atoms with E-state index in [1.165, 1.54) is 10.8 Å². The van der Waals surface area contributed by atoms with Crippen LogP contribution in [0.25, 0.3) is 10.8 Å². The minimum Gasteiger partial charge on any atom is -0.481 e. The molecule has 0 aliphatic rings. The molecule has 0 atom stereocenters. The van der Waals surface area contributed by atoms with Gasteiger partial charge in [0.15, 0.2) is 0 Å². The zero-order chi connectivity index (χ0) is 16.0. The maximum absolute atomic E-state index is 9.00. The van der Waals surface area contributed by atoms with E-state index in [9.17, 15) is 0 Å². The van der Waals surface area contributed by atoms with Crippen LogP contribution in [0.15, 0.2) is 61.7 Å². The second-order valence-electron chi connectivity index (χ2n) is 3.39. The Morgan fingerprint density at radius 2 is 0.900 bits per heavy atom. The van der Waals surface area contributed by atoms with Gasteiger partial charge in [0, 0.05) is 13.8 Å². The molecule has 0 saturated heterocycles. The molecule has 0 bridgehead atoms. The van der Waals surface area contributed by atoms with E-state index in [4.69, 9.17) is 19.8 Å². The van der Waals surface area contributed by atoms with E-state index in [1.54, 1.807) is 0 Å². The summed E-state index contributed by atoms with van der Waals surface area (Å²) < 4.78 is 0. The molecule has 4 heteroatoms. The fourth-order valence-electron chi connectivity index (χ4n) is 1.13. The van der Waals surface area contributed by atoms with Crippen LogP contribution in [0.5, 0.6) is 0 Å². The summed E-state index contributed by atoms with van der Waals surface area (Å²) in [5, 5.41) is 17.5. The van der Waals surface area contributed by atoms with Crippen molar-refractivity contribution in [2.45, 2.75) is 13.8 Å². The lowest BCUT2D eigenvalue weighted by Crippen LogP contribution is -1.78. The SMILES string of the molecule is C=C.CC(=O)O.CC(=O)O.c1ccc2ccccc2c1. The smallest absolute Gasteiger partial charge is 0.300 e. The van der Waals surface area contributed by atoms with Crippen molar-refractivity contribution in [2.75, 3.05) is 0 Å². The number of aliphatic carboxylic acids is 2. The molecule has 0 heterocycles. The molecule has 20 heavy (non-hydrogen) atoms. The number of carbonyl (C=O) groups is 2. The highest BCUT2D eigenvalue weighted by atomic mass is 16.4. The molecule has 0 fully saturated rings. The normalized spacial score (nSPS) is 7.70. The first kappa shape index (κ1) is 19.7. The minimum atomic E-state index is -0.833. The third-order valence-electron chi connectivity index (χ3n) is 1.66. The van der Waals surface area contributed by atoms with Crippen molar-refractivity contribution >= 4 is 22.7 Å². The van der Waals surface area contributed by atoms with E-state index in [0.29, 0.717) is 0 Å². The number of hydrogen-bond donors (Lipinski definition) is 2. The van der Waals surface area contributed by atoms with Gasteiger partial charge in [-0.15, -0.1) is 13.2 Å². The Labute approximate surface area is 119 Å². The van der Waals surface area contributed by atoms with Crippen LogP contribution in [0.2, 0.25) is 0 Å². The molecular weight excluding hydrogens is 256 g/mol. The van der Waals surface area contributed by atoms with E-state index >= 15 is 0 Å². The van der Waals surface area contributed by atoms with E-state index < -0.39 is 11.9 Å². The number of hydrogen-bond acceptors (Lipinski definition) is 2. The third-order valence-corrected chi connectivity index (χ3v) is 1.66. The van der Waals surface area contributed by atoms with Crippen molar-refractivity contribution in [3.63, 3.8) is 0 Å². The molecule has 0 amide bonds. The Morgan fingerprint density at radius 1 is 0.750 bits per heavy atom. The zero-order valence-electron chi connectivity index (χ0n) is 11.7. The van der Waals surface area contributed by atoms with Crippen LogP contribution < -0.4 is 0 Å². The van der Waals surface area contributed by atoms with Crippen LogP contribution in [-0.4, -0.2) is 22.2 Å². The molecular formula is C16H20O4. The molecule has 2 aromatic rings. The van der Waals surface area contributed by atoms with Crippen LogP contribution in [-0.2, 0) is 9.59 Å². The zero-order valence-corrected chi connectivity index (χ0v) is 11.7. The monoisotopic (exact) mass is 276 g/mol. The van der Waals surface area contributed by atoms with Gasteiger partial charge >= 0.3 is 0 Å². The average molecular weight is 276 g/mol. The summed E-state index contributed by atoms with van der Waals surface area (Å²) in [6, 6.07) is 16.7. The fourth-order valence-corrected chi connectivity index (χ4v) is 1.13. The summed E-state index contributed by atoms with van der Waals surface area (Å²) >= 11 is 0. The molecule has 108 valence electrons. The first-order valence-electron chi connectivity index (χ1n) is 5.76. The molecule has 2 N–H and O–H groups in total. The van der Waals surface area contributed by atoms with Crippen LogP contribution >= 0.6 is 0 Å². The number of carboxylic acids is 2. The lowest BCUT2D eigenvalue weighted by atomic mass is 10.1. The van der Waals surface area contributed by atoms with Crippen molar-refractivity contribution in [1.82, 2.24) is 0 Å². The first-order chi connectivity index (χ1) is 9.43. The van der Waals surface area contributed by atoms with Gasteiger partial charge in [0.2, 0.25) is 0 Å². The van der Waals surface area contributed by atoms with Gasteiger partial charge < -0.3 is 10.2 Å². The first-order valence-corrected chi connectivity index (χ1v) is 5.76. The van der Waals surface area contributed by atoms with Gasteiger partial charge in [-0.3, -0.25) is 9.59 Å². The lowest BCUT2D eigenvalue weighted by molar-refractivity contribution is -0.135. The molecule has 0 radical (unpaired) electrons. The standard InChI is InChI=1S/C10H8.2C2H4O2.C2H4/c1-2-6-10-8-4-3-7-9(10)5-1;2*1-2(3)4;1-2/h1-8H;2*1H3,(H,3,4);1-2H2. The fraction of sp³-hybridized carbons (Fsp3) is 0.125. The second-order valence-corrected chi connectivity index (χ2v) is 3.39. The molecule has 0 saturated carbocycles. The van der Waals surface area contributed by atoms with Gasteiger partial charge in [0.1, 0.15) is 0 Å². The Bertz CT molecular complexity index is 435. The molecule has 2 aromatic carbocycles. The molecule has 4 nitrogen and oxygen atoms in total. The summed E-state index contributed by atoms with van der Waals surface area (Å²) in [5.41, 5.74) is 0. The topological polar surface area (TPSA) is 74.6 Å². The van der Waals surface area contributed by atoms with Crippen LogP contribution in [0.3, 0.4) is 0 Å². The Morgan fingerprint density at radius 3 is 1.05 bits per heavy atom. The van der Waals surface area contributed by atoms with E-state index in [1.807, 2.05) is 0 Å². The van der Waals surface area contributed by atoms with Crippen LogP contribution in [0, 0.1) is 0 Å². The average Bonchev–Trinajstić information content (AvgIpc) is 2.40. The van der Waals surface area contributed by atoms with Crippen molar-refractivity contribution in [3.05, 3.63) is 61.7 Å². The Hall–Kier alpha value is -2.62. The molecule has 0 spiro atoms. The molecule has 0 aromatic heterocycles. The largest absolute Gasteiger partial charge is 0.481 e. The molecule has 0 unspecified atom stereocenters. The maximum Gasteiger partial charge on any atom is 0.300 e. The summed E-state index contributed by atoms with van der Waals surface area (Å²) in [6.45, 7) is 8.17. The molecule has 2 rings (SSSR count). The van der Waals surface area contributed by atoms with Crippen LogP contribution in [0.1, 0.15) is 13.8 Å². The highest BCUT2D eigenvalue weighted by molar-refractivity contribution is 5.82. The summed E-state index contributed by atoms with van der Waals surface area (Å²) in [7, 11) is 0. The van der Waals surface area contributed by atoms with Crippen molar-refractivity contribution in [2.24, 2.45) is 0 Å². The highest BCUT2D eigenvalue weighted by Crippen LogP contribution is 2.11. The summed E-state index contributed by atoms with van der Waals surface area (Å²) in [6.07, 6.45) is 0. The summed E-state index contributed by atoms with van der Waals surface area (Å²) in [4.78, 5) is 18.0. The Balaban J connectivity index is 0. The maximum atomic E-state index is 9.00. The number of benzene rings is 2. The van der Waals surface area contributed by atoms with E-state index in [-0.39, 0.29) is 0 Å². The molecule has 0 aliphatic carbocycles. The van der Waals surface area contributed by atoms with Gasteiger partial charge in [-0.05, 0) is 10.8 Å². The highest BCUT2D eigenvalue weighted by Gasteiger charge is 1.85. The van der Waals surface area contributed by atoms with Gasteiger partial charge in [-0.25, -0.2) is 0 Å². The van der Waals surface area contributed by atoms with Crippen molar-refractivity contribution in [3.8, 4) is 0 Å². The van der Waals surface area contributed by atoms with Crippen molar-refractivity contribution < 1.29 is 19.8 Å². The van der Waals surface area contributed by atoms with Crippen molar-refractivity contribution in [1.29, 1.82) is 0 Å². The number of fused-ring (bicyclic) bond motifs is 1.